The molecule has 2 aromatic rings. The molecule has 1 aromatic heterocycles. The van der Waals surface area contributed by atoms with Crippen LogP contribution in [0.2, 0.25) is 0 Å². The molecule has 1 fully saturated rings. The molecule has 1 aliphatic rings. The highest BCUT2D eigenvalue weighted by Crippen LogP contribution is 2.36. The van der Waals surface area contributed by atoms with E-state index < -0.39 is 11.4 Å². The van der Waals surface area contributed by atoms with E-state index in [1.54, 1.807) is 0 Å². The molecule has 5 nitrogen and oxygen atoms in total. The first-order valence-corrected chi connectivity index (χ1v) is 8.16. The van der Waals surface area contributed by atoms with Crippen LogP contribution in [0.3, 0.4) is 0 Å². The lowest BCUT2D eigenvalue weighted by molar-refractivity contribution is -0.151. The van der Waals surface area contributed by atoms with Gasteiger partial charge < -0.3 is 15.4 Å². The first-order chi connectivity index (χ1) is 11.1. The van der Waals surface area contributed by atoms with Gasteiger partial charge in [-0.1, -0.05) is 37.5 Å². The highest BCUT2D eigenvalue weighted by molar-refractivity contribution is 5.89. The van der Waals surface area contributed by atoms with Crippen molar-refractivity contribution in [3.63, 3.8) is 0 Å². The highest BCUT2D eigenvalue weighted by atomic mass is 16.4. The fraction of sp³-hybridized carbons (Fsp3) is 0.444. The average Bonchev–Trinajstić information content (AvgIpc) is 2.97. The quantitative estimate of drug-likeness (QED) is 0.793. The maximum Gasteiger partial charge on any atom is 0.311 e. The number of aromatic nitrogens is 1. The second kappa shape index (κ2) is 6.44. The van der Waals surface area contributed by atoms with Crippen LogP contribution in [0.15, 0.2) is 30.5 Å². The number of aromatic amines is 1. The number of nitrogens with one attached hydrogen (secondary N) is 2. The van der Waals surface area contributed by atoms with Gasteiger partial charge in [-0.3, -0.25) is 9.59 Å². The Labute approximate surface area is 135 Å². The number of fused-ring (bicyclic) bond motifs is 1. The summed E-state index contributed by atoms with van der Waals surface area (Å²) in [7, 11) is 0. The number of rotatable bonds is 5. The lowest BCUT2D eigenvalue weighted by Gasteiger charge is -2.33. The van der Waals surface area contributed by atoms with E-state index >= 15 is 0 Å². The van der Waals surface area contributed by atoms with Crippen molar-refractivity contribution in [1.29, 1.82) is 0 Å². The molecule has 0 radical (unpaired) electrons. The van der Waals surface area contributed by atoms with Gasteiger partial charge in [0.2, 0.25) is 5.91 Å². The molecule has 0 bridgehead atoms. The van der Waals surface area contributed by atoms with Gasteiger partial charge in [-0.15, -0.1) is 0 Å². The minimum atomic E-state index is -0.787. The molecule has 0 spiro atoms. The number of carbonyl (C=O) groups excluding carboxylic acids is 1. The Morgan fingerprint density at radius 1 is 1.17 bits per heavy atom. The highest BCUT2D eigenvalue weighted by Gasteiger charge is 2.39. The number of carboxylic acids is 1. The third-order valence-electron chi connectivity index (χ3n) is 4.91. The van der Waals surface area contributed by atoms with Crippen molar-refractivity contribution >= 4 is 22.8 Å². The third-order valence-corrected chi connectivity index (χ3v) is 4.91. The van der Waals surface area contributed by atoms with Gasteiger partial charge in [-0.2, -0.15) is 0 Å². The largest absolute Gasteiger partial charge is 0.481 e. The summed E-state index contributed by atoms with van der Waals surface area (Å²) in [6.45, 7) is 0.226. The molecule has 0 saturated heterocycles. The molecule has 1 amide bonds. The second-order valence-electron chi connectivity index (χ2n) is 6.46. The van der Waals surface area contributed by atoms with Crippen LogP contribution in [-0.4, -0.2) is 28.5 Å². The van der Waals surface area contributed by atoms with Gasteiger partial charge in [-0.05, 0) is 24.5 Å². The van der Waals surface area contributed by atoms with E-state index in [1.165, 1.54) is 0 Å². The van der Waals surface area contributed by atoms with Crippen LogP contribution in [-0.2, 0) is 16.0 Å². The Morgan fingerprint density at radius 3 is 2.65 bits per heavy atom. The fourth-order valence-corrected chi connectivity index (χ4v) is 3.48. The lowest BCUT2D eigenvalue weighted by atomic mass is 9.74. The van der Waals surface area contributed by atoms with Gasteiger partial charge in [0.05, 0.1) is 11.8 Å². The normalized spacial score (nSPS) is 17.0. The van der Waals surface area contributed by atoms with Crippen molar-refractivity contribution in [2.45, 2.75) is 38.5 Å². The zero-order valence-corrected chi connectivity index (χ0v) is 13.1. The first-order valence-electron chi connectivity index (χ1n) is 8.16. The number of benzene rings is 1. The molecular weight excluding hydrogens is 292 g/mol. The summed E-state index contributed by atoms with van der Waals surface area (Å²) in [5.74, 6) is -0.912. The van der Waals surface area contributed by atoms with Crippen LogP contribution >= 0.6 is 0 Å². The van der Waals surface area contributed by atoms with Gasteiger partial charge in [-0.25, -0.2) is 0 Å². The molecule has 5 heteroatoms. The Hall–Kier alpha value is -2.30. The topological polar surface area (TPSA) is 82.2 Å². The van der Waals surface area contributed by atoms with Crippen LogP contribution in [0, 0.1) is 5.41 Å². The van der Waals surface area contributed by atoms with Crippen LogP contribution in [0.1, 0.15) is 37.7 Å². The van der Waals surface area contributed by atoms with Crippen molar-refractivity contribution in [3.05, 3.63) is 36.0 Å². The Bertz CT molecular complexity index is 714. The van der Waals surface area contributed by atoms with E-state index in [4.69, 9.17) is 0 Å². The number of hydrogen-bond acceptors (Lipinski definition) is 2. The molecule has 0 aliphatic heterocycles. The molecule has 3 N–H and O–H groups in total. The number of hydrogen-bond donors (Lipinski definition) is 3. The maximum atomic E-state index is 12.2. The Balaban J connectivity index is 1.64. The van der Waals surface area contributed by atoms with Crippen LogP contribution in [0.5, 0.6) is 0 Å². The molecule has 1 heterocycles. The predicted molar refractivity (Wildman–Crippen MR) is 88.2 cm³/mol. The zero-order chi connectivity index (χ0) is 16.3. The maximum absolute atomic E-state index is 12.2. The van der Waals surface area contributed by atoms with E-state index in [2.05, 4.69) is 10.3 Å². The zero-order valence-electron chi connectivity index (χ0n) is 13.1. The summed E-state index contributed by atoms with van der Waals surface area (Å²) in [4.78, 5) is 27.0. The summed E-state index contributed by atoms with van der Waals surface area (Å²) < 4.78 is 0. The molecule has 0 unspecified atom stereocenters. The van der Waals surface area contributed by atoms with Crippen molar-refractivity contribution in [1.82, 2.24) is 10.3 Å². The van der Waals surface area contributed by atoms with Gasteiger partial charge >= 0.3 is 5.97 Å². The number of H-pyrrole nitrogens is 1. The molecule has 3 rings (SSSR count). The third kappa shape index (κ3) is 3.23. The SMILES string of the molecule is O=C(Cc1c[nH]c2ccccc12)NCC1(C(=O)O)CCCCC1. The minimum absolute atomic E-state index is 0.124. The van der Waals surface area contributed by atoms with Crippen LogP contribution in [0.4, 0.5) is 0 Å². The van der Waals surface area contributed by atoms with Crippen LogP contribution < -0.4 is 5.32 Å². The van der Waals surface area contributed by atoms with E-state index in [0.717, 1.165) is 35.7 Å². The lowest BCUT2D eigenvalue weighted by Crippen LogP contribution is -2.44. The molecule has 1 aromatic carbocycles. The first kappa shape index (κ1) is 15.6. The second-order valence-corrected chi connectivity index (χ2v) is 6.46. The number of aliphatic carboxylic acids is 1. The smallest absolute Gasteiger partial charge is 0.311 e. The summed E-state index contributed by atoms with van der Waals surface area (Å²) >= 11 is 0. The van der Waals surface area contributed by atoms with Gasteiger partial charge in [0.25, 0.3) is 0 Å². The Kier molecular flexibility index (Phi) is 4.37. The van der Waals surface area contributed by atoms with Gasteiger partial charge in [0.1, 0.15) is 0 Å². The minimum Gasteiger partial charge on any atom is -0.481 e. The van der Waals surface area contributed by atoms with Gasteiger partial charge in [0, 0.05) is 23.6 Å². The Morgan fingerprint density at radius 2 is 1.91 bits per heavy atom. The molecule has 23 heavy (non-hydrogen) atoms. The molecule has 1 saturated carbocycles. The van der Waals surface area contributed by atoms with Crippen molar-refractivity contribution in [3.8, 4) is 0 Å². The molecule has 122 valence electrons. The fourth-order valence-electron chi connectivity index (χ4n) is 3.48. The van der Waals surface area contributed by atoms with Crippen molar-refractivity contribution in [2.24, 2.45) is 5.41 Å². The summed E-state index contributed by atoms with van der Waals surface area (Å²) in [5, 5.41) is 13.4. The van der Waals surface area contributed by atoms with Gasteiger partial charge in [0.15, 0.2) is 0 Å². The van der Waals surface area contributed by atoms with E-state index in [1.807, 2.05) is 30.5 Å². The average molecular weight is 314 g/mol. The standard InChI is InChI=1S/C18H22N2O3/c21-16(10-13-11-19-15-7-3-2-6-14(13)15)20-12-18(17(22)23)8-4-1-5-9-18/h2-3,6-7,11,19H,1,4-5,8-10,12H2,(H,20,21)(H,22,23). The predicted octanol–water partition coefficient (Wildman–Crippen LogP) is 2.86. The van der Waals surface area contributed by atoms with E-state index in [-0.39, 0.29) is 18.9 Å². The molecular formula is C18H22N2O3. The number of para-hydroxylation sites is 1. The van der Waals surface area contributed by atoms with Crippen molar-refractivity contribution < 1.29 is 14.7 Å². The van der Waals surface area contributed by atoms with Crippen LogP contribution in [0.25, 0.3) is 10.9 Å². The monoisotopic (exact) mass is 314 g/mol. The van der Waals surface area contributed by atoms with Crippen molar-refractivity contribution in [2.75, 3.05) is 6.54 Å². The summed E-state index contributed by atoms with van der Waals surface area (Å²) in [5.41, 5.74) is 1.16. The molecule has 1 aliphatic carbocycles. The summed E-state index contributed by atoms with van der Waals surface area (Å²) in [6, 6.07) is 7.84. The number of carboxylic acid groups (broad SMARTS) is 1. The molecule has 0 atom stereocenters. The number of amides is 1. The van der Waals surface area contributed by atoms with E-state index in [0.29, 0.717) is 12.8 Å². The van der Waals surface area contributed by atoms with E-state index in [9.17, 15) is 14.7 Å². The number of carbonyl (C=O) groups is 2. The summed E-state index contributed by atoms with van der Waals surface area (Å²) in [6.07, 6.45) is 6.33.